The summed E-state index contributed by atoms with van der Waals surface area (Å²) in [6.07, 6.45) is 3.25. The maximum atomic E-state index is 12.6. The SMILES string of the molecule is CCCC1CCN(S(=O)(=O)c2csc(CNC(C)C)c2)C1. The molecule has 2 heterocycles. The molecule has 1 N–H and O–H groups in total. The lowest BCUT2D eigenvalue weighted by Crippen LogP contribution is -2.28. The summed E-state index contributed by atoms with van der Waals surface area (Å²) in [5.74, 6) is 0.533. The molecule has 1 fully saturated rings. The fraction of sp³-hybridized carbons (Fsp3) is 0.733. The Kier molecular flexibility index (Phi) is 5.82. The van der Waals surface area contributed by atoms with E-state index in [2.05, 4.69) is 26.1 Å². The number of rotatable bonds is 7. The molecular formula is C15H26N2O2S2. The summed E-state index contributed by atoms with van der Waals surface area (Å²) >= 11 is 1.52. The molecule has 0 saturated carbocycles. The van der Waals surface area contributed by atoms with Crippen LogP contribution in [0.2, 0.25) is 0 Å². The van der Waals surface area contributed by atoms with E-state index in [1.807, 2.05) is 6.07 Å². The van der Waals surface area contributed by atoms with E-state index in [-0.39, 0.29) is 0 Å². The summed E-state index contributed by atoms with van der Waals surface area (Å²) in [6, 6.07) is 2.23. The monoisotopic (exact) mass is 330 g/mol. The van der Waals surface area contributed by atoms with Crippen LogP contribution < -0.4 is 5.32 Å². The van der Waals surface area contributed by atoms with Crippen LogP contribution in [0, 0.1) is 5.92 Å². The van der Waals surface area contributed by atoms with E-state index in [0.29, 0.717) is 29.9 Å². The van der Waals surface area contributed by atoms with Gasteiger partial charge in [0.2, 0.25) is 10.0 Å². The van der Waals surface area contributed by atoms with Crippen molar-refractivity contribution >= 4 is 21.4 Å². The first-order valence-corrected chi connectivity index (χ1v) is 10.1. The molecule has 2 rings (SSSR count). The van der Waals surface area contributed by atoms with Crippen molar-refractivity contribution in [2.75, 3.05) is 13.1 Å². The van der Waals surface area contributed by atoms with Crippen molar-refractivity contribution in [3.8, 4) is 0 Å². The van der Waals surface area contributed by atoms with Crippen molar-refractivity contribution in [3.05, 3.63) is 16.3 Å². The second-order valence-corrected chi connectivity index (χ2v) is 9.02. The zero-order valence-corrected chi connectivity index (χ0v) is 14.8. The number of thiophene rings is 1. The number of nitrogens with one attached hydrogen (secondary N) is 1. The van der Waals surface area contributed by atoms with Gasteiger partial charge in [0.1, 0.15) is 0 Å². The van der Waals surface area contributed by atoms with E-state index < -0.39 is 10.0 Å². The Labute approximate surface area is 132 Å². The summed E-state index contributed by atoms with van der Waals surface area (Å²) in [5, 5.41) is 5.10. The van der Waals surface area contributed by atoms with Crippen LogP contribution >= 0.6 is 11.3 Å². The maximum absolute atomic E-state index is 12.6. The van der Waals surface area contributed by atoms with Gasteiger partial charge in [-0.3, -0.25) is 0 Å². The first-order valence-electron chi connectivity index (χ1n) is 7.74. The molecule has 1 aromatic heterocycles. The molecule has 21 heavy (non-hydrogen) atoms. The molecular weight excluding hydrogens is 304 g/mol. The highest BCUT2D eigenvalue weighted by Gasteiger charge is 2.32. The lowest BCUT2D eigenvalue weighted by Gasteiger charge is -2.15. The Hall–Kier alpha value is -0.430. The molecule has 0 spiro atoms. The Balaban J connectivity index is 2.03. The Morgan fingerprint density at radius 2 is 2.24 bits per heavy atom. The van der Waals surface area contributed by atoms with E-state index in [1.165, 1.54) is 11.3 Å². The lowest BCUT2D eigenvalue weighted by atomic mass is 10.0. The van der Waals surface area contributed by atoms with Crippen LogP contribution in [-0.4, -0.2) is 31.9 Å². The van der Waals surface area contributed by atoms with Crippen molar-refractivity contribution < 1.29 is 8.42 Å². The molecule has 0 amide bonds. The lowest BCUT2D eigenvalue weighted by molar-refractivity contribution is 0.445. The molecule has 1 unspecified atom stereocenters. The molecule has 4 nitrogen and oxygen atoms in total. The van der Waals surface area contributed by atoms with Gasteiger partial charge in [0.25, 0.3) is 0 Å². The second kappa shape index (κ2) is 7.22. The van der Waals surface area contributed by atoms with Gasteiger partial charge in [-0.05, 0) is 24.8 Å². The third kappa shape index (κ3) is 4.28. The number of hydrogen-bond donors (Lipinski definition) is 1. The Morgan fingerprint density at radius 3 is 2.90 bits per heavy atom. The van der Waals surface area contributed by atoms with Gasteiger partial charge < -0.3 is 5.32 Å². The zero-order chi connectivity index (χ0) is 15.5. The van der Waals surface area contributed by atoms with Crippen molar-refractivity contribution in [3.63, 3.8) is 0 Å². The highest BCUT2D eigenvalue weighted by atomic mass is 32.2. The van der Waals surface area contributed by atoms with E-state index >= 15 is 0 Å². The van der Waals surface area contributed by atoms with Crippen molar-refractivity contribution in [1.29, 1.82) is 0 Å². The predicted octanol–water partition coefficient (Wildman–Crippen LogP) is 3.06. The van der Waals surface area contributed by atoms with Crippen LogP contribution in [0.3, 0.4) is 0 Å². The first-order chi connectivity index (χ1) is 9.93. The molecule has 0 bridgehead atoms. The fourth-order valence-electron chi connectivity index (χ4n) is 2.70. The maximum Gasteiger partial charge on any atom is 0.243 e. The van der Waals surface area contributed by atoms with Crippen molar-refractivity contribution in [2.45, 2.75) is 57.5 Å². The molecule has 1 aliphatic heterocycles. The summed E-state index contributed by atoms with van der Waals surface area (Å²) in [4.78, 5) is 1.54. The first kappa shape index (κ1) is 16.9. The fourth-order valence-corrected chi connectivity index (χ4v) is 5.45. The van der Waals surface area contributed by atoms with Gasteiger partial charge in [-0.2, -0.15) is 4.31 Å². The van der Waals surface area contributed by atoms with E-state index in [4.69, 9.17) is 0 Å². The van der Waals surface area contributed by atoms with Crippen LogP contribution in [-0.2, 0) is 16.6 Å². The average molecular weight is 331 g/mol. The van der Waals surface area contributed by atoms with Crippen LogP contribution in [0.5, 0.6) is 0 Å². The molecule has 120 valence electrons. The van der Waals surface area contributed by atoms with Gasteiger partial charge in [-0.15, -0.1) is 11.3 Å². The predicted molar refractivity (Wildman–Crippen MR) is 88.1 cm³/mol. The molecule has 1 aliphatic rings. The second-order valence-electron chi connectivity index (χ2n) is 6.09. The molecule has 1 atom stereocenters. The molecule has 0 radical (unpaired) electrons. The summed E-state index contributed by atoms with van der Waals surface area (Å²) in [7, 11) is -3.29. The quantitative estimate of drug-likeness (QED) is 0.836. The molecule has 1 aromatic rings. The third-order valence-electron chi connectivity index (χ3n) is 3.90. The standard InChI is InChI=1S/C15H26N2O2S2/c1-4-5-13-6-7-17(10-13)21(18,19)15-8-14(20-11-15)9-16-12(2)3/h8,11-13,16H,4-7,9-10H2,1-3H3. The van der Waals surface area contributed by atoms with Gasteiger partial charge in [0.05, 0.1) is 4.90 Å². The highest BCUT2D eigenvalue weighted by Crippen LogP contribution is 2.29. The molecule has 0 aromatic carbocycles. The number of nitrogens with zero attached hydrogens (tertiary/aromatic N) is 1. The Bertz CT molecular complexity index is 552. The normalized spacial score (nSPS) is 20.5. The molecule has 0 aliphatic carbocycles. The van der Waals surface area contributed by atoms with Crippen LogP contribution in [0.4, 0.5) is 0 Å². The van der Waals surface area contributed by atoms with Crippen LogP contribution in [0.25, 0.3) is 0 Å². The van der Waals surface area contributed by atoms with Crippen molar-refractivity contribution in [1.82, 2.24) is 9.62 Å². The van der Waals surface area contributed by atoms with Crippen LogP contribution in [0.15, 0.2) is 16.3 Å². The minimum absolute atomic E-state index is 0.403. The topological polar surface area (TPSA) is 49.4 Å². The van der Waals surface area contributed by atoms with Gasteiger partial charge in [0, 0.05) is 35.9 Å². The number of hydrogen-bond acceptors (Lipinski definition) is 4. The van der Waals surface area contributed by atoms with E-state index in [1.54, 1.807) is 9.69 Å². The summed E-state index contributed by atoms with van der Waals surface area (Å²) in [6.45, 7) is 8.42. The highest BCUT2D eigenvalue weighted by molar-refractivity contribution is 7.89. The third-order valence-corrected chi connectivity index (χ3v) is 6.83. The average Bonchev–Trinajstić information content (AvgIpc) is 3.06. The van der Waals surface area contributed by atoms with Crippen molar-refractivity contribution in [2.24, 2.45) is 5.92 Å². The van der Waals surface area contributed by atoms with Gasteiger partial charge in [0.15, 0.2) is 0 Å². The smallest absolute Gasteiger partial charge is 0.243 e. The van der Waals surface area contributed by atoms with Crippen LogP contribution in [0.1, 0.15) is 44.9 Å². The van der Waals surface area contributed by atoms with Gasteiger partial charge in [-0.25, -0.2) is 8.42 Å². The zero-order valence-electron chi connectivity index (χ0n) is 13.1. The summed E-state index contributed by atoms with van der Waals surface area (Å²) in [5.41, 5.74) is 0. The van der Waals surface area contributed by atoms with Gasteiger partial charge >= 0.3 is 0 Å². The Morgan fingerprint density at radius 1 is 1.48 bits per heavy atom. The largest absolute Gasteiger partial charge is 0.310 e. The van der Waals surface area contributed by atoms with Gasteiger partial charge in [-0.1, -0.05) is 27.2 Å². The minimum Gasteiger partial charge on any atom is -0.310 e. The summed E-state index contributed by atoms with van der Waals surface area (Å²) < 4.78 is 27.0. The number of sulfonamides is 1. The molecule has 1 saturated heterocycles. The van der Waals surface area contributed by atoms with E-state index in [9.17, 15) is 8.42 Å². The van der Waals surface area contributed by atoms with E-state index in [0.717, 1.165) is 30.7 Å². The molecule has 6 heteroatoms. The minimum atomic E-state index is -3.29.